The van der Waals surface area contributed by atoms with Crippen LogP contribution in [0.4, 0.5) is 0 Å². The van der Waals surface area contributed by atoms with Gasteiger partial charge in [0.1, 0.15) is 12.2 Å². The first-order chi connectivity index (χ1) is 11.9. The van der Waals surface area contributed by atoms with E-state index >= 15 is 0 Å². The zero-order valence-corrected chi connectivity index (χ0v) is 17.3. The molecule has 2 aliphatic heterocycles. The average molecular weight is 381 g/mol. The largest absolute Gasteiger partial charge is 0.391 e. The molecule has 2 aliphatic rings. The molecule has 1 aromatic rings. The zero-order chi connectivity index (χ0) is 19.5. The molecular weight excluding hydrogens is 352 g/mol. The van der Waals surface area contributed by atoms with Gasteiger partial charge in [-0.1, -0.05) is 48.1 Å². The van der Waals surface area contributed by atoms with Gasteiger partial charge in [0.25, 0.3) is 5.56 Å². The Morgan fingerprint density at radius 1 is 1.19 bits per heavy atom. The normalized spacial score (nSPS) is 28.8. The molecule has 26 heavy (non-hydrogen) atoms. The lowest BCUT2D eigenvalue weighted by Gasteiger charge is -2.53. The quantitative estimate of drug-likeness (QED) is 0.598. The Bertz CT molecular complexity index is 815. The zero-order valence-electron chi connectivity index (χ0n) is 16.3. The number of hydrogen-bond donors (Lipinski definition) is 1. The Labute approximate surface area is 154 Å². The highest BCUT2D eigenvalue weighted by atomic mass is 28.4. The van der Waals surface area contributed by atoms with Crippen LogP contribution in [0, 0.1) is 0 Å². The minimum absolute atomic E-state index is 0.149. The lowest BCUT2D eigenvalue weighted by molar-refractivity contribution is -0.0808. The summed E-state index contributed by atoms with van der Waals surface area (Å²) in [6.45, 7) is 17.4. The molecule has 0 spiro atoms. The number of aromatic nitrogens is 2. The Hall–Kier alpha value is -1.48. The first-order valence-corrected chi connectivity index (χ1v) is 10.7. The Balaban J connectivity index is 1.96. The van der Waals surface area contributed by atoms with Gasteiger partial charge in [-0.05, 0) is 0 Å². The molecule has 7 nitrogen and oxygen atoms in total. The highest BCUT2D eigenvalue weighted by Crippen LogP contribution is 2.56. The van der Waals surface area contributed by atoms with Crippen molar-refractivity contribution in [1.82, 2.24) is 9.55 Å². The Morgan fingerprint density at radius 3 is 2.35 bits per heavy atom. The van der Waals surface area contributed by atoms with E-state index in [9.17, 15) is 9.59 Å². The molecule has 1 N–H and O–H groups in total. The summed E-state index contributed by atoms with van der Waals surface area (Å²) in [4.78, 5) is 25.7. The summed E-state index contributed by atoms with van der Waals surface area (Å²) in [7, 11) is -2.65. The third-order valence-corrected chi connectivity index (χ3v) is 10.3. The topological polar surface area (TPSA) is 82.6 Å². The van der Waals surface area contributed by atoms with Crippen molar-refractivity contribution in [2.24, 2.45) is 0 Å². The van der Waals surface area contributed by atoms with Gasteiger partial charge in [-0.25, -0.2) is 4.79 Å². The molecule has 0 saturated carbocycles. The van der Waals surface area contributed by atoms with Crippen molar-refractivity contribution in [3.05, 3.63) is 45.3 Å². The van der Waals surface area contributed by atoms with E-state index in [1.54, 1.807) is 0 Å². The fraction of sp³-hybridized carbons (Fsp3) is 0.667. The summed E-state index contributed by atoms with van der Waals surface area (Å²) in [6, 6.07) is 1.29. The Morgan fingerprint density at radius 2 is 1.81 bits per heavy atom. The number of nitrogens with zero attached hydrogens (tertiary/aromatic N) is 1. The van der Waals surface area contributed by atoms with E-state index in [4.69, 9.17) is 13.6 Å². The highest BCUT2D eigenvalue weighted by molar-refractivity contribution is 6.73. The summed E-state index contributed by atoms with van der Waals surface area (Å²) in [5, 5.41) is -0.299. The van der Waals surface area contributed by atoms with Gasteiger partial charge in [-0.2, -0.15) is 0 Å². The van der Waals surface area contributed by atoms with Crippen molar-refractivity contribution in [1.29, 1.82) is 0 Å². The predicted molar refractivity (Wildman–Crippen MR) is 100 cm³/mol. The van der Waals surface area contributed by atoms with Gasteiger partial charge in [0.05, 0.1) is 6.61 Å². The molecule has 3 atom stereocenters. The van der Waals surface area contributed by atoms with Gasteiger partial charge in [0.15, 0.2) is 6.23 Å². The smallest absolute Gasteiger partial charge is 0.349 e. The van der Waals surface area contributed by atoms with Crippen LogP contribution in [0.2, 0.25) is 10.1 Å². The number of H-pyrrole nitrogens is 1. The van der Waals surface area contributed by atoms with Crippen LogP contribution in [0.15, 0.2) is 34.0 Å². The van der Waals surface area contributed by atoms with Gasteiger partial charge in [-0.3, -0.25) is 14.3 Å². The molecule has 0 unspecified atom stereocenters. The van der Waals surface area contributed by atoms with Crippen molar-refractivity contribution in [3.63, 3.8) is 0 Å². The van der Waals surface area contributed by atoms with Gasteiger partial charge in [0, 0.05) is 27.9 Å². The van der Waals surface area contributed by atoms with Crippen molar-refractivity contribution in [2.45, 2.75) is 70.1 Å². The van der Waals surface area contributed by atoms with Crippen LogP contribution in [0.5, 0.6) is 0 Å². The monoisotopic (exact) mass is 380 g/mol. The van der Waals surface area contributed by atoms with E-state index in [1.165, 1.54) is 16.8 Å². The third-order valence-electron chi connectivity index (χ3n) is 5.15. The molecule has 2 saturated heterocycles. The first kappa shape index (κ1) is 19.3. The lowest BCUT2D eigenvalue weighted by Crippen LogP contribution is -2.64. The molecule has 8 heteroatoms. The molecule has 0 amide bonds. The lowest BCUT2D eigenvalue weighted by atomic mass is 10.1. The molecular formula is C18H28N2O5Si. The molecule has 0 aliphatic carbocycles. The maximum atomic E-state index is 12.1. The number of rotatable bonds is 1. The summed E-state index contributed by atoms with van der Waals surface area (Å²) in [6.07, 6.45) is 0.0879. The van der Waals surface area contributed by atoms with E-state index in [-0.39, 0.29) is 22.3 Å². The van der Waals surface area contributed by atoms with E-state index in [0.29, 0.717) is 12.2 Å². The second kappa shape index (κ2) is 6.02. The third kappa shape index (κ3) is 2.85. The fourth-order valence-electron chi connectivity index (χ4n) is 4.16. The summed E-state index contributed by atoms with van der Waals surface area (Å²) >= 11 is 0. The average Bonchev–Trinajstić information content (AvgIpc) is 2.81. The van der Waals surface area contributed by atoms with Gasteiger partial charge >= 0.3 is 14.3 Å². The summed E-state index contributed by atoms with van der Waals surface area (Å²) in [5.74, 6) is 0. The van der Waals surface area contributed by atoms with Crippen molar-refractivity contribution < 1.29 is 13.6 Å². The SMILES string of the molecule is C=C1[C@H](n2ccc(=O)[nH]c2=O)O[C@@H]2CO[Si](C(C)(C)C)(C(C)(C)C)O[C@@H]12. The van der Waals surface area contributed by atoms with Crippen LogP contribution < -0.4 is 11.2 Å². The maximum Gasteiger partial charge on any atom is 0.349 e. The van der Waals surface area contributed by atoms with E-state index in [1.807, 2.05) is 0 Å². The molecule has 3 heterocycles. The number of aromatic amines is 1. The molecule has 144 valence electrons. The number of nitrogens with one attached hydrogen (secondary N) is 1. The van der Waals surface area contributed by atoms with E-state index < -0.39 is 26.0 Å². The Kier molecular flexibility index (Phi) is 4.46. The minimum Gasteiger partial charge on any atom is -0.391 e. The van der Waals surface area contributed by atoms with Crippen LogP contribution >= 0.6 is 0 Å². The van der Waals surface area contributed by atoms with Crippen LogP contribution in [0.3, 0.4) is 0 Å². The molecule has 0 aromatic carbocycles. The maximum absolute atomic E-state index is 12.1. The number of hydrogen-bond acceptors (Lipinski definition) is 5. The molecule has 0 radical (unpaired) electrons. The molecule has 1 aromatic heterocycles. The first-order valence-electron chi connectivity index (χ1n) is 8.85. The fourth-order valence-corrected chi connectivity index (χ4v) is 9.11. The van der Waals surface area contributed by atoms with Crippen molar-refractivity contribution in [3.8, 4) is 0 Å². The van der Waals surface area contributed by atoms with Gasteiger partial charge in [-0.15, -0.1) is 0 Å². The second-order valence-electron chi connectivity index (χ2n) is 9.09. The highest BCUT2D eigenvalue weighted by Gasteiger charge is 2.63. The van der Waals surface area contributed by atoms with Crippen molar-refractivity contribution in [2.75, 3.05) is 6.61 Å². The number of ether oxygens (including phenoxy) is 1. The summed E-state index contributed by atoms with van der Waals surface area (Å²) < 4.78 is 20.4. The van der Waals surface area contributed by atoms with Gasteiger partial charge in [0.2, 0.25) is 0 Å². The summed E-state index contributed by atoms with van der Waals surface area (Å²) in [5.41, 5.74) is -0.296. The molecule has 0 bridgehead atoms. The van der Waals surface area contributed by atoms with E-state index in [0.717, 1.165) is 0 Å². The van der Waals surface area contributed by atoms with E-state index in [2.05, 4.69) is 53.1 Å². The van der Waals surface area contributed by atoms with Crippen LogP contribution in [0.1, 0.15) is 47.8 Å². The number of fused-ring (bicyclic) bond motifs is 1. The molecule has 2 fully saturated rings. The van der Waals surface area contributed by atoms with Crippen LogP contribution in [0.25, 0.3) is 0 Å². The van der Waals surface area contributed by atoms with Crippen molar-refractivity contribution >= 4 is 8.56 Å². The second-order valence-corrected chi connectivity index (χ2v) is 13.8. The van der Waals surface area contributed by atoms with Crippen LogP contribution in [-0.4, -0.2) is 36.9 Å². The standard InChI is InChI=1S/C18H28N2O5Si/c1-11-14-12(24-15(11)20-9-8-13(21)19-16(20)22)10-23-26(25-14,17(2,3)4)18(5,6)7/h8-9,12,14-15H,1,10H2,2-7H3,(H,19,21,22)/t12-,14+,15-/m1/s1. The minimum atomic E-state index is -2.65. The predicted octanol–water partition coefficient (Wildman–Crippen LogP) is 2.45. The van der Waals surface area contributed by atoms with Crippen LogP contribution in [-0.2, 0) is 13.6 Å². The molecule has 3 rings (SSSR count). The van der Waals surface area contributed by atoms with Gasteiger partial charge < -0.3 is 13.6 Å².